The molecule has 1 unspecified atom stereocenters. The number of hydrogen-bond donors (Lipinski definition) is 1. The Kier molecular flexibility index (Phi) is 5.37. The normalized spacial score (nSPS) is 13.1. The summed E-state index contributed by atoms with van der Waals surface area (Å²) in [4.78, 5) is 2.30. The molecule has 2 heterocycles. The van der Waals surface area contributed by atoms with Gasteiger partial charge in [-0.2, -0.15) is 5.10 Å². The molecule has 0 radical (unpaired) electrons. The molecule has 2 N–H and O–H groups in total. The van der Waals surface area contributed by atoms with Crippen LogP contribution in [0.5, 0.6) is 0 Å². The van der Waals surface area contributed by atoms with Gasteiger partial charge in [-0.1, -0.05) is 6.92 Å². The highest BCUT2D eigenvalue weighted by Crippen LogP contribution is 2.26. The van der Waals surface area contributed by atoms with Gasteiger partial charge in [0.15, 0.2) is 0 Å². The van der Waals surface area contributed by atoms with Gasteiger partial charge in [0.2, 0.25) is 0 Å². The zero-order chi connectivity index (χ0) is 14.7. The fraction of sp³-hybridized carbons (Fsp3) is 0.500. The van der Waals surface area contributed by atoms with E-state index in [1.807, 2.05) is 11.7 Å². The lowest BCUT2D eigenvalue weighted by Crippen LogP contribution is -2.30. The van der Waals surface area contributed by atoms with Crippen LogP contribution in [0.3, 0.4) is 0 Å². The Morgan fingerprint density at radius 1 is 1.55 bits per heavy atom. The Balaban J connectivity index is 2.18. The third-order valence-corrected chi connectivity index (χ3v) is 4.99. The third-order valence-electron chi connectivity index (χ3n) is 3.44. The number of halogens is 1. The molecule has 2 rings (SSSR count). The first kappa shape index (κ1) is 15.7. The van der Waals surface area contributed by atoms with E-state index in [-0.39, 0.29) is 6.04 Å². The first-order valence-electron chi connectivity index (χ1n) is 6.70. The summed E-state index contributed by atoms with van der Waals surface area (Å²) in [5, 5.41) is 6.70. The molecule has 0 bridgehead atoms. The number of rotatable bonds is 6. The van der Waals surface area contributed by atoms with Crippen molar-refractivity contribution in [1.29, 1.82) is 0 Å². The monoisotopic (exact) mass is 356 g/mol. The zero-order valence-corrected chi connectivity index (χ0v) is 14.5. The molecule has 0 amide bonds. The quantitative estimate of drug-likeness (QED) is 0.865. The standard InChI is InChI=1S/C14H21BrN4S/c1-4-12-11(8-19(3)17-12)13(6-16)18(2)7-10-5-14(15)20-9-10/h5,8-9,13H,4,6-7,16H2,1-3H3. The lowest BCUT2D eigenvalue weighted by atomic mass is 10.0. The van der Waals surface area contributed by atoms with Crippen LogP contribution in [0.4, 0.5) is 0 Å². The van der Waals surface area contributed by atoms with Crippen molar-refractivity contribution in [3.63, 3.8) is 0 Å². The highest BCUT2D eigenvalue weighted by molar-refractivity contribution is 9.11. The molecule has 0 aliphatic heterocycles. The van der Waals surface area contributed by atoms with E-state index in [0.29, 0.717) is 6.54 Å². The summed E-state index contributed by atoms with van der Waals surface area (Å²) in [6, 6.07) is 2.37. The van der Waals surface area contributed by atoms with Crippen LogP contribution in [0.15, 0.2) is 21.4 Å². The smallest absolute Gasteiger partial charge is 0.0701 e. The molecular weight excluding hydrogens is 336 g/mol. The third kappa shape index (κ3) is 3.49. The van der Waals surface area contributed by atoms with Crippen molar-refractivity contribution >= 4 is 27.3 Å². The first-order valence-corrected chi connectivity index (χ1v) is 8.38. The van der Waals surface area contributed by atoms with Gasteiger partial charge in [0, 0.05) is 31.9 Å². The SMILES string of the molecule is CCc1nn(C)cc1C(CN)N(C)Cc1csc(Br)c1. The highest BCUT2D eigenvalue weighted by atomic mass is 79.9. The molecule has 0 aliphatic carbocycles. The zero-order valence-electron chi connectivity index (χ0n) is 12.1. The lowest BCUT2D eigenvalue weighted by molar-refractivity contribution is 0.241. The molecule has 20 heavy (non-hydrogen) atoms. The van der Waals surface area contributed by atoms with Gasteiger partial charge in [-0.15, -0.1) is 11.3 Å². The summed E-state index contributed by atoms with van der Waals surface area (Å²) in [6.07, 6.45) is 3.03. The van der Waals surface area contributed by atoms with Gasteiger partial charge in [-0.05, 0) is 46.4 Å². The van der Waals surface area contributed by atoms with E-state index >= 15 is 0 Å². The Morgan fingerprint density at radius 3 is 2.85 bits per heavy atom. The highest BCUT2D eigenvalue weighted by Gasteiger charge is 2.21. The minimum atomic E-state index is 0.206. The molecule has 2 aromatic rings. The van der Waals surface area contributed by atoms with Gasteiger partial charge in [0.25, 0.3) is 0 Å². The minimum absolute atomic E-state index is 0.206. The summed E-state index contributed by atoms with van der Waals surface area (Å²) >= 11 is 5.22. The van der Waals surface area contributed by atoms with Crippen molar-refractivity contribution in [2.75, 3.05) is 13.6 Å². The number of nitrogens with two attached hydrogens (primary N) is 1. The van der Waals surface area contributed by atoms with Crippen molar-refractivity contribution in [3.05, 3.63) is 38.3 Å². The van der Waals surface area contributed by atoms with Crippen LogP contribution >= 0.6 is 27.3 Å². The van der Waals surface area contributed by atoms with Crippen molar-refractivity contribution in [2.45, 2.75) is 25.9 Å². The molecular formula is C14H21BrN4S. The van der Waals surface area contributed by atoms with Crippen molar-refractivity contribution in [2.24, 2.45) is 12.8 Å². The van der Waals surface area contributed by atoms with Gasteiger partial charge in [0.1, 0.15) is 0 Å². The van der Waals surface area contributed by atoms with Crippen LogP contribution in [-0.2, 0) is 20.0 Å². The van der Waals surface area contributed by atoms with E-state index in [1.165, 1.54) is 14.9 Å². The molecule has 1 atom stereocenters. The van der Waals surface area contributed by atoms with E-state index in [2.05, 4.69) is 57.5 Å². The maximum Gasteiger partial charge on any atom is 0.0701 e. The molecule has 0 saturated heterocycles. The van der Waals surface area contributed by atoms with Crippen LogP contribution in [0.25, 0.3) is 0 Å². The molecule has 4 nitrogen and oxygen atoms in total. The number of thiophene rings is 1. The summed E-state index contributed by atoms with van der Waals surface area (Å²) in [7, 11) is 4.09. The number of aryl methyl sites for hydroxylation is 2. The summed E-state index contributed by atoms with van der Waals surface area (Å²) in [6.45, 7) is 3.62. The Bertz CT molecular complexity index is 563. The molecule has 2 aromatic heterocycles. The topological polar surface area (TPSA) is 47.1 Å². The summed E-state index contributed by atoms with van der Waals surface area (Å²) in [5.74, 6) is 0. The number of likely N-dealkylation sites (N-methyl/N-ethyl adjacent to an activating group) is 1. The minimum Gasteiger partial charge on any atom is -0.329 e. The lowest BCUT2D eigenvalue weighted by Gasteiger charge is -2.26. The van der Waals surface area contributed by atoms with Crippen LogP contribution in [-0.4, -0.2) is 28.3 Å². The second kappa shape index (κ2) is 6.85. The second-order valence-electron chi connectivity index (χ2n) is 4.98. The summed E-state index contributed by atoms with van der Waals surface area (Å²) in [5.41, 5.74) is 9.71. The van der Waals surface area contributed by atoms with E-state index in [9.17, 15) is 0 Å². The largest absolute Gasteiger partial charge is 0.329 e. The molecule has 0 saturated carbocycles. The molecule has 6 heteroatoms. The molecule has 0 aliphatic rings. The molecule has 110 valence electrons. The Hall–Kier alpha value is -0.690. The van der Waals surface area contributed by atoms with Crippen LogP contribution in [0.2, 0.25) is 0 Å². The Labute approximate surface area is 132 Å². The number of nitrogens with zero attached hydrogens (tertiary/aromatic N) is 3. The van der Waals surface area contributed by atoms with E-state index in [4.69, 9.17) is 5.73 Å². The number of hydrogen-bond acceptors (Lipinski definition) is 4. The van der Waals surface area contributed by atoms with Gasteiger partial charge in [-0.25, -0.2) is 0 Å². The number of aromatic nitrogens is 2. The van der Waals surface area contributed by atoms with Crippen LogP contribution < -0.4 is 5.73 Å². The predicted molar refractivity (Wildman–Crippen MR) is 87.9 cm³/mol. The average Bonchev–Trinajstić information content (AvgIpc) is 2.96. The van der Waals surface area contributed by atoms with E-state index in [0.717, 1.165) is 18.7 Å². The molecule has 0 spiro atoms. The average molecular weight is 357 g/mol. The van der Waals surface area contributed by atoms with E-state index < -0.39 is 0 Å². The van der Waals surface area contributed by atoms with Gasteiger partial charge < -0.3 is 5.73 Å². The first-order chi connectivity index (χ1) is 9.55. The maximum atomic E-state index is 6.01. The molecule has 0 aromatic carbocycles. The van der Waals surface area contributed by atoms with Gasteiger partial charge >= 0.3 is 0 Å². The van der Waals surface area contributed by atoms with Crippen LogP contribution in [0, 0.1) is 0 Å². The second-order valence-corrected chi connectivity index (χ2v) is 7.27. The predicted octanol–water partition coefficient (Wildman–Crippen LogP) is 2.94. The van der Waals surface area contributed by atoms with Crippen molar-refractivity contribution in [1.82, 2.24) is 14.7 Å². The van der Waals surface area contributed by atoms with Crippen molar-refractivity contribution in [3.8, 4) is 0 Å². The molecule has 0 fully saturated rings. The Morgan fingerprint density at radius 2 is 2.30 bits per heavy atom. The fourth-order valence-electron chi connectivity index (χ4n) is 2.48. The summed E-state index contributed by atoms with van der Waals surface area (Å²) < 4.78 is 3.05. The van der Waals surface area contributed by atoms with E-state index in [1.54, 1.807) is 11.3 Å². The van der Waals surface area contributed by atoms with Crippen molar-refractivity contribution < 1.29 is 0 Å². The van der Waals surface area contributed by atoms with Gasteiger partial charge in [0.05, 0.1) is 15.5 Å². The van der Waals surface area contributed by atoms with Crippen LogP contribution in [0.1, 0.15) is 29.8 Å². The van der Waals surface area contributed by atoms with Gasteiger partial charge in [-0.3, -0.25) is 9.58 Å². The fourth-order valence-corrected chi connectivity index (χ4v) is 3.68. The maximum absolute atomic E-state index is 6.01.